The SMILES string of the molecule is COc1ccc(C(=Cc2ccccc2C=Cc2c3ccccc3c(C=Cc3ccccc3C=C(c3ccccc3)c3ccc(OC)cc3)c3ccccc23)c2ccccc2)cc1. The molecule has 0 bridgehead atoms. The van der Waals surface area contributed by atoms with Crippen LogP contribution in [0.3, 0.4) is 0 Å². The van der Waals surface area contributed by atoms with Crippen molar-refractivity contribution in [2.75, 3.05) is 14.2 Å². The summed E-state index contributed by atoms with van der Waals surface area (Å²) in [5.41, 5.74) is 13.8. The molecule has 0 N–H and O–H groups in total. The topological polar surface area (TPSA) is 18.5 Å². The predicted octanol–water partition coefficient (Wildman–Crippen LogP) is 15.5. The van der Waals surface area contributed by atoms with Gasteiger partial charge in [-0.05, 0) is 125 Å². The first-order chi connectivity index (χ1) is 30.7. The Morgan fingerprint density at radius 3 is 0.919 bits per heavy atom. The van der Waals surface area contributed by atoms with Gasteiger partial charge in [0, 0.05) is 0 Å². The van der Waals surface area contributed by atoms with Crippen molar-refractivity contribution in [2.24, 2.45) is 0 Å². The Morgan fingerprint density at radius 2 is 0.581 bits per heavy atom. The van der Waals surface area contributed by atoms with Crippen LogP contribution in [-0.4, -0.2) is 14.2 Å². The molecular formula is C60H46O2. The van der Waals surface area contributed by atoms with Gasteiger partial charge in [-0.25, -0.2) is 0 Å². The molecule has 0 spiro atoms. The molecule has 0 heterocycles. The lowest BCUT2D eigenvalue weighted by Gasteiger charge is -2.14. The van der Waals surface area contributed by atoms with Crippen molar-refractivity contribution in [3.05, 3.63) is 262 Å². The fourth-order valence-electron chi connectivity index (χ4n) is 8.24. The Labute approximate surface area is 364 Å². The molecule has 2 nitrogen and oxygen atoms in total. The molecule has 298 valence electrons. The van der Waals surface area contributed by atoms with Crippen molar-refractivity contribution < 1.29 is 9.47 Å². The number of benzene rings is 9. The molecule has 0 atom stereocenters. The van der Waals surface area contributed by atoms with E-state index < -0.39 is 0 Å². The first-order valence-corrected chi connectivity index (χ1v) is 21.0. The highest BCUT2D eigenvalue weighted by atomic mass is 16.5. The lowest BCUT2D eigenvalue weighted by molar-refractivity contribution is 0.414. The van der Waals surface area contributed by atoms with E-state index in [0.717, 1.165) is 67.2 Å². The molecule has 62 heavy (non-hydrogen) atoms. The van der Waals surface area contributed by atoms with Gasteiger partial charge >= 0.3 is 0 Å². The molecule has 0 aliphatic carbocycles. The van der Waals surface area contributed by atoms with Crippen molar-refractivity contribution in [3.63, 3.8) is 0 Å². The number of ether oxygens (including phenoxy) is 2. The van der Waals surface area contributed by atoms with Gasteiger partial charge in [0.15, 0.2) is 0 Å². The summed E-state index contributed by atoms with van der Waals surface area (Å²) in [7, 11) is 3.41. The third-order valence-corrected chi connectivity index (χ3v) is 11.4. The number of rotatable bonds is 12. The largest absolute Gasteiger partial charge is 0.497 e. The van der Waals surface area contributed by atoms with Gasteiger partial charge in [0.1, 0.15) is 11.5 Å². The monoisotopic (exact) mass is 798 g/mol. The summed E-state index contributed by atoms with van der Waals surface area (Å²) in [5.74, 6) is 1.68. The van der Waals surface area contributed by atoms with Crippen LogP contribution in [0.25, 0.3) is 69.1 Å². The predicted molar refractivity (Wildman–Crippen MR) is 265 cm³/mol. The van der Waals surface area contributed by atoms with Gasteiger partial charge in [-0.1, -0.05) is 206 Å². The molecule has 9 rings (SSSR count). The maximum Gasteiger partial charge on any atom is 0.118 e. The number of hydrogen-bond acceptors (Lipinski definition) is 2. The fourth-order valence-corrected chi connectivity index (χ4v) is 8.24. The van der Waals surface area contributed by atoms with E-state index in [-0.39, 0.29) is 0 Å². The fraction of sp³-hybridized carbons (Fsp3) is 0.0333. The van der Waals surface area contributed by atoms with Crippen LogP contribution >= 0.6 is 0 Å². The lowest BCUT2D eigenvalue weighted by Crippen LogP contribution is -1.91. The van der Waals surface area contributed by atoms with Gasteiger partial charge in [-0.2, -0.15) is 0 Å². The first kappa shape index (κ1) is 39.5. The Hall–Kier alpha value is -7.94. The Morgan fingerprint density at radius 1 is 0.290 bits per heavy atom. The van der Waals surface area contributed by atoms with E-state index in [9.17, 15) is 0 Å². The van der Waals surface area contributed by atoms with Gasteiger partial charge in [-0.3, -0.25) is 0 Å². The van der Waals surface area contributed by atoms with Crippen LogP contribution in [0.2, 0.25) is 0 Å². The first-order valence-electron chi connectivity index (χ1n) is 21.0. The maximum atomic E-state index is 5.48. The third-order valence-electron chi connectivity index (χ3n) is 11.4. The molecule has 9 aromatic carbocycles. The minimum Gasteiger partial charge on any atom is -0.497 e. The molecule has 2 heteroatoms. The van der Waals surface area contributed by atoms with Crippen LogP contribution in [0, 0.1) is 0 Å². The molecule has 9 aromatic rings. The van der Waals surface area contributed by atoms with Crippen molar-refractivity contribution >= 4 is 69.1 Å². The van der Waals surface area contributed by atoms with Gasteiger partial charge in [-0.15, -0.1) is 0 Å². The van der Waals surface area contributed by atoms with Crippen molar-refractivity contribution in [1.29, 1.82) is 0 Å². The number of hydrogen-bond donors (Lipinski definition) is 0. The lowest BCUT2D eigenvalue weighted by atomic mass is 9.90. The highest BCUT2D eigenvalue weighted by Gasteiger charge is 2.13. The van der Waals surface area contributed by atoms with Crippen molar-refractivity contribution in [2.45, 2.75) is 0 Å². The molecule has 0 aliphatic heterocycles. The standard InChI is InChI=1S/C60H46O2/c1-61-51-35-29-47(30-36-51)59(45-19-5-3-6-20-45)41-49-23-11-9-17-43(49)33-39-57-53-25-13-15-27-55(53)58(56-28-16-14-26-54(56)57)40-34-44-18-10-12-24-50(44)42-60(46-21-7-4-8-22-46)48-31-37-52(62-2)38-32-48/h3-42H,1-2H3. The summed E-state index contributed by atoms with van der Waals surface area (Å²) >= 11 is 0. The summed E-state index contributed by atoms with van der Waals surface area (Å²) in [6.07, 6.45) is 13.7. The zero-order chi connectivity index (χ0) is 42.1. The Bertz CT molecular complexity index is 2830. The number of fused-ring (bicyclic) bond motifs is 2. The van der Waals surface area contributed by atoms with Gasteiger partial charge in [0.05, 0.1) is 14.2 Å². The normalized spacial score (nSPS) is 12.1. The second-order valence-electron chi connectivity index (χ2n) is 15.1. The second kappa shape index (κ2) is 18.5. The molecule has 0 unspecified atom stereocenters. The summed E-state index contributed by atoms with van der Waals surface area (Å²) in [6.45, 7) is 0. The van der Waals surface area contributed by atoms with Crippen LogP contribution in [0.1, 0.15) is 55.6 Å². The molecule has 0 aromatic heterocycles. The smallest absolute Gasteiger partial charge is 0.118 e. The average molecular weight is 799 g/mol. The highest BCUT2D eigenvalue weighted by Crippen LogP contribution is 2.37. The molecule has 0 radical (unpaired) electrons. The van der Waals surface area contributed by atoms with Crippen molar-refractivity contribution in [3.8, 4) is 11.5 Å². The summed E-state index contributed by atoms with van der Waals surface area (Å²) in [4.78, 5) is 0. The van der Waals surface area contributed by atoms with Crippen LogP contribution < -0.4 is 9.47 Å². The third kappa shape index (κ3) is 8.54. The van der Waals surface area contributed by atoms with Gasteiger partial charge in [0.25, 0.3) is 0 Å². The van der Waals surface area contributed by atoms with Gasteiger partial charge in [0.2, 0.25) is 0 Å². The van der Waals surface area contributed by atoms with Crippen LogP contribution in [0.15, 0.2) is 206 Å². The Kier molecular flexibility index (Phi) is 11.8. The van der Waals surface area contributed by atoms with E-state index in [0.29, 0.717) is 0 Å². The minimum absolute atomic E-state index is 0.839. The Balaban J connectivity index is 1.12. The van der Waals surface area contributed by atoms with Crippen molar-refractivity contribution in [1.82, 2.24) is 0 Å². The molecule has 0 fully saturated rings. The summed E-state index contributed by atoms with van der Waals surface area (Å²) in [6, 6.07) is 72.6. The maximum absolute atomic E-state index is 5.48. The second-order valence-corrected chi connectivity index (χ2v) is 15.1. The average Bonchev–Trinajstić information content (AvgIpc) is 3.34. The van der Waals surface area contributed by atoms with E-state index in [1.165, 1.54) is 32.7 Å². The number of methoxy groups -OCH3 is 2. The van der Waals surface area contributed by atoms with E-state index in [4.69, 9.17) is 9.47 Å². The zero-order valence-corrected chi connectivity index (χ0v) is 34.9. The van der Waals surface area contributed by atoms with Crippen LogP contribution in [0.4, 0.5) is 0 Å². The van der Waals surface area contributed by atoms with E-state index in [1.807, 2.05) is 24.3 Å². The van der Waals surface area contributed by atoms with E-state index >= 15 is 0 Å². The zero-order valence-electron chi connectivity index (χ0n) is 34.9. The quantitative estimate of drug-likeness (QED) is 0.0905. The molecule has 0 amide bonds. The van der Waals surface area contributed by atoms with E-state index in [1.54, 1.807) is 14.2 Å². The molecule has 0 saturated carbocycles. The van der Waals surface area contributed by atoms with Crippen LogP contribution in [-0.2, 0) is 0 Å². The van der Waals surface area contributed by atoms with Crippen LogP contribution in [0.5, 0.6) is 11.5 Å². The highest BCUT2D eigenvalue weighted by molar-refractivity contribution is 6.14. The minimum atomic E-state index is 0.839. The van der Waals surface area contributed by atoms with Gasteiger partial charge < -0.3 is 9.47 Å². The van der Waals surface area contributed by atoms with E-state index in [2.05, 4.69) is 218 Å². The molecule has 0 saturated heterocycles. The summed E-state index contributed by atoms with van der Waals surface area (Å²) in [5, 5.41) is 4.82. The molecule has 0 aliphatic rings. The summed E-state index contributed by atoms with van der Waals surface area (Å²) < 4.78 is 11.0. The molecular weight excluding hydrogens is 753 g/mol.